The molecule has 0 radical (unpaired) electrons. The molecule has 1 saturated heterocycles. The molecule has 3 atom stereocenters. The van der Waals surface area contributed by atoms with Crippen LogP contribution in [0.4, 0.5) is 4.79 Å². The highest BCUT2D eigenvalue weighted by Gasteiger charge is 2.30. The van der Waals surface area contributed by atoms with Crippen LogP contribution in [-0.4, -0.2) is 77.1 Å². The quantitative estimate of drug-likeness (QED) is 0.638. The lowest BCUT2D eigenvalue weighted by atomic mass is 10.2. The summed E-state index contributed by atoms with van der Waals surface area (Å²) in [5.41, 5.74) is 0. The van der Waals surface area contributed by atoms with E-state index in [0.717, 1.165) is 0 Å². The van der Waals surface area contributed by atoms with E-state index in [1.165, 1.54) is 16.7 Å². The van der Waals surface area contributed by atoms with Gasteiger partial charge in [-0.15, -0.1) is 0 Å². The molecule has 0 aromatic heterocycles. The standard InChI is InChI=1S/C12H22N2O5S/c1-8-5-14(6-9(7-15)19-8)12(18)13-10(11(16)17)3-4-20-2/h8-10,15H,3-7H2,1-2H3,(H,13,18)(H,16,17)/t8?,9?,10-/m0/s1. The minimum Gasteiger partial charge on any atom is -0.480 e. The van der Waals surface area contributed by atoms with Crippen LogP contribution in [0, 0.1) is 0 Å². The number of hydrogen-bond acceptors (Lipinski definition) is 5. The Bertz CT molecular complexity index is 342. The van der Waals surface area contributed by atoms with Gasteiger partial charge in [-0.3, -0.25) is 0 Å². The number of aliphatic hydroxyl groups is 1. The second kappa shape index (κ2) is 8.33. The molecule has 0 aliphatic carbocycles. The zero-order valence-corrected chi connectivity index (χ0v) is 12.6. The van der Waals surface area contributed by atoms with Crippen molar-refractivity contribution in [1.82, 2.24) is 10.2 Å². The first-order chi connectivity index (χ1) is 9.47. The van der Waals surface area contributed by atoms with Crippen LogP contribution in [0.1, 0.15) is 13.3 Å². The number of thioether (sulfide) groups is 1. The third kappa shape index (κ3) is 5.18. The molecular weight excluding hydrogens is 284 g/mol. The minimum absolute atomic E-state index is 0.164. The van der Waals surface area contributed by atoms with Crippen molar-refractivity contribution < 1.29 is 24.5 Å². The lowest BCUT2D eigenvalue weighted by molar-refractivity contribution is -0.139. The van der Waals surface area contributed by atoms with Crippen LogP contribution in [0.3, 0.4) is 0 Å². The number of aliphatic carboxylic acids is 1. The summed E-state index contributed by atoms with van der Waals surface area (Å²) >= 11 is 1.53. The lowest BCUT2D eigenvalue weighted by Gasteiger charge is -2.36. The summed E-state index contributed by atoms with van der Waals surface area (Å²) in [6, 6.07) is -1.31. The maximum atomic E-state index is 12.1. The van der Waals surface area contributed by atoms with Gasteiger partial charge >= 0.3 is 12.0 Å². The summed E-state index contributed by atoms with van der Waals surface area (Å²) in [7, 11) is 0. The van der Waals surface area contributed by atoms with E-state index >= 15 is 0 Å². The van der Waals surface area contributed by atoms with E-state index < -0.39 is 24.1 Å². The van der Waals surface area contributed by atoms with Crippen molar-refractivity contribution in [3.63, 3.8) is 0 Å². The van der Waals surface area contributed by atoms with Crippen LogP contribution < -0.4 is 5.32 Å². The second-order valence-corrected chi connectivity index (χ2v) is 5.76. The predicted octanol–water partition coefficient (Wildman–Crippen LogP) is -0.0161. The average molecular weight is 306 g/mol. The molecule has 1 aliphatic rings. The summed E-state index contributed by atoms with van der Waals surface area (Å²) in [5, 5.41) is 20.7. The van der Waals surface area contributed by atoms with Gasteiger partial charge in [0.05, 0.1) is 25.4 Å². The van der Waals surface area contributed by atoms with Gasteiger partial charge in [-0.25, -0.2) is 9.59 Å². The number of ether oxygens (including phenoxy) is 1. The van der Waals surface area contributed by atoms with Gasteiger partial charge in [-0.1, -0.05) is 0 Å². The third-order valence-electron chi connectivity index (χ3n) is 3.02. The summed E-state index contributed by atoms with van der Waals surface area (Å²) in [6.45, 7) is 2.30. The number of carbonyl (C=O) groups excluding carboxylic acids is 1. The van der Waals surface area contributed by atoms with Crippen molar-refractivity contribution in [2.24, 2.45) is 0 Å². The van der Waals surface area contributed by atoms with Gasteiger partial charge in [0.25, 0.3) is 0 Å². The zero-order chi connectivity index (χ0) is 15.1. The number of nitrogens with one attached hydrogen (secondary N) is 1. The van der Waals surface area contributed by atoms with Gasteiger partial charge in [-0.2, -0.15) is 11.8 Å². The average Bonchev–Trinajstić information content (AvgIpc) is 2.42. The smallest absolute Gasteiger partial charge is 0.326 e. The number of hydrogen-bond donors (Lipinski definition) is 3. The van der Waals surface area contributed by atoms with Crippen LogP contribution in [0.2, 0.25) is 0 Å². The number of carboxylic acids is 1. The summed E-state index contributed by atoms with van der Waals surface area (Å²) in [5.74, 6) is -0.372. The van der Waals surface area contributed by atoms with Gasteiger partial charge in [0.1, 0.15) is 6.04 Å². The number of carboxylic acid groups (broad SMARTS) is 1. The number of urea groups is 1. The van der Waals surface area contributed by atoms with E-state index in [9.17, 15) is 9.59 Å². The molecule has 1 heterocycles. The van der Waals surface area contributed by atoms with Crippen LogP contribution >= 0.6 is 11.8 Å². The van der Waals surface area contributed by atoms with E-state index in [1.54, 1.807) is 0 Å². The largest absolute Gasteiger partial charge is 0.480 e. The molecule has 1 aliphatic heterocycles. The monoisotopic (exact) mass is 306 g/mol. The van der Waals surface area contributed by atoms with E-state index in [1.807, 2.05) is 13.2 Å². The first-order valence-corrected chi connectivity index (χ1v) is 7.90. The van der Waals surface area contributed by atoms with Gasteiger partial charge < -0.3 is 25.2 Å². The fourth-order valence-electron chi connectivity index (χ4n) is 2.05. The number of morpholine rings is 1. The summed E-state index contributed by atoms with van der Waals surface area (Å²) in [6.07, 6.45) is 1.67. The molecule has 1 fully saturated rings. The van der Waals surface area contributed by atoms with Gasteiger partial charge in [0.2, 0.25) is 0 Å². The number of rotatable bonds is 6. The zero-order valence-electron chi connectivity index (χ0n) is 11.7. The van der Waals surface area contributed by atoms with Crippen LogP contribution in [-0.2, 0) is 9.53 Å². The van der Waals surface area contributed by atoms with Gasteiger partial charge in [-0.05, 0) is 25.4 Å². The highest BCUT2D eigenvalue weighted by atomic mass is 32.2. The summed E-state index contributed by atoms with van der Waals surface area (Å²) < 4.78 is 5.44. The highest BCUT2D eigenvalue weighted by molar-refractivity contribution is 7.98. The Morgan fingerprint density at radius 2 is 2.20 bits per heavy atom. The maximum Gasteiger partial charge on any atom is 0.326 e. The van der Waals surface area contributed by atoms with Crippen molar-refractivity contribution in [3.05, 3.63) is 0 Å². The van der Waals surface area contributed by atoms with Crippen molar-refractivity contribution >= 4 is 23.8 Å². The molecule has 116 valence electrons. The van der Waals surface area contributed by atoms with Crippen LogP contribution in [0.25, 0.3) is 0 Å². The molecular formula is C12H22N2O5S. The lowest BCUT2D eigenvalue weighted by Crippen LogP contribution is -2.56. The molecule has 0 aromatic rings. The second-order valence-electron chi connectivity index (χ2n) is 4.78. The van der Waals surface area contributed by atoms with E-state index in [-0.39, 0.29) is 19.3 Å². The van der Waals surface area contributed by atoms with Crippen molar-refractivity contribution in [2.75, 3.05) is 31.7 Å². The molecule has 0 aromatic carbocycles. The van der Waals surface area contributed by atoms with Crippen molar-refractivity contribution in [2.45, 2.75) is 31.6 Å². The Balaban J connectivity index is 2.56. The van der Waals surface area contributed by atoms with Crippen molar-refractivity contribution in [1.29, 1.82) is 0 Å². The Morgan fingerprint density at radius 3 is 2.75 bits per heavy atom. The molecule has 0 saturated carbocycles. The topological polar surface area (TPSA) is 99.1 Å². The fourth-order valence-corrected chi connectivity index (χ4v) is 2.52. The minimum atomic E-state index is -1.03. The molecule has 20 heavy (non-hydrogen) atoms. The Hall–Kier alpha value is -0.990. The normalized spacial score (nSPS) is 24.2. The molecule has 7 nitrogen and oxygen atoms in total. The number of amides is 2. The highest BCUT2D eigenvalue weighted by Crippen LogP contribution is 2.11. The molecule has 2 amide bonds. The molecule has 3 N–H and O–H groups in total. The van der Waals surface area contributed by atoms with E-state index in [2.05, 4.69) is 5.32 Å². The Morgan fingerprint density at radius 1 is 1.50 bits per heavy atom. The molecule has 0 spiro atoms. The maximum absolute atomic E-state index is 12.1. The number of nitrogens with zero attached hydrogens (tertiary/aromatic N) is 1. The third-order valence-corrected chi connectivity index (χ3v) is 3.67. The number of aliphatic hydroxyl groups excluding tert-OH is 1. The van der Waals surface area contributed by atoms with Crippen molar-refractivity contribution in [3.8, 4) is 0 Å². The van der Waals surface area contributed by atoms with Crippen LogP contribution in [0.15, 0.2) is 0 Å². The van der Waals surface area contributed by atoms with Gasteiger partial charge in [0.15, 0.2) is 0 Å². The van der Waals surface area contributed by atoms with Crippen LogP contribution in [0.5, 0.6) is 0 Å². The number of carbonyl (C=O) groups is 2. The molecule has 0 bridgehead atoms. The van der Waals surface area contributed by atoms with E-state index in [0.29, 0.717) is 18.7 Å². The van der Waals surface area contributed by atoms with E-state index in [4.69, 9.17) is 14.9 Å². The molecule has 1 rings (SSSR count). The molecule has 2 unspecified atom stereocenters. The molecule has 8 heteroatoms. The Labute approximate surface area is 122 Å². The van der Waals surface area contributed by atoms with Gasteiger partial charge in [0, 0.05) is 6.54 Å². The fraction of sp³-hybridized carbons (Fsp3) is 0.833. The Kier molecular flexibility index (Phi) is 7.11. The first kappa shape index (κ1) is 17.1. The SMILES string of the molecule is CSCC[C@H](NC(=O)N1CC(C)OC(CO)C1)C(=O)O. The first-order valence-electron chi connectivity index (χ1n) is 6.51. The summed E-state index contributed by atoms with van der Waals surface area (Å²) in [4.78, 5) is 24.7. The predicted molar refractivity (Wildman–Crippen MR) is 75.9 cm³/mol.